The van der Waals surface area contributed by atoms with Gasteiger partial charge >= 0.3 is 5.97 Å². The summed E-state index contributed by atoms with van der Waals surface area (Å²) < 4.78 is 9.98. The largest absolute Gasteiger partial charge is 0.496 e. The van der Waals surface area contributed by atoms with Crippen LogP contribution in [-0.2, 0) is 11.3 Å². The number of nitrogens with zero attached hydrogens (tertiary/aromatic N) is 1. The van der Waals surface area contributed by atoms with E-state index in [-0.39, 0.29) is 24.0 Å². The van der Waals surface area contributed by atoms with Gasteiger partial charge < -0.3 is 20.1 Å². The SMILES string of the molecule is CN=C(NCc1ccc(OC)c(C(=O)OC)c1)NC1CC=CC1.I. The van der Waals surface area contributed by atoms with E-state index in [9.17, 15) is 4.79 Å². The van der Waals surface area contributed by atoms with Crippen LogP contribution in [0.4, 0.5) is 0 Å². The molecule has 0 bridgehead atoms. The Balaban J connectivity index is 0.00000288. The molecular weight excluding hydrogens is 421 g/mol. The van der Waals surface area contributed by atoms with E-state index in [1.807, 2.05) is 6.07 Å². The quantitative estimate of drug-likeness (QED) is 0.240. The molecule has 1 aliphatic carbocycles. The zero-order valence-corrected chi connectivity index (χ0v) is 16.5. The molecule has 0 spiro atoms. The van der Waals surface area contributed by atoms with Gasteiger partial charge in [0, 0.05) is 19.6 Å². The van der Waals surface area contributed by atoms with Gasteiger partial charge in [-0.2, -0.15) is 0 Å². The fourth-order valence-corrected chi connectivity index (χ4v) is 2.44. The fraction of sp³-hybridized carbons (Fsp3) is 0.412. The number of guanidine groups is 1. The standard InChI is InChI=1S/C17H23N3O3.HI/c1-18-17(20-13-6-4-5-7-13)19-11-12-8-9-15(22-2)14(10-12)16(21)23-3;/h4-5,8-10,13H,6-7,11H2,1-3H3,(H2,18,19,20);1H. The summed E-state index contributed by atoms with van der Waals surface area (Å²) in [5.41, 5.74) is 1.36. The highest BCUT2D eigenvalue weighted by molar-refractivity contribution is 14.0. The van der Waals surface area contributed by atoms with Crippen LogP contribution in [0.1, 0.15) is 28.8 Å². The van der Waals surface area contributed by atoms with E-state index in [2.05, 4.69) is 27.8 Å². The zero-order valence-electron chi connectivity index (χ0n) is 14.2. The minimum atomic E-state index is -0.414. The highest BCUT2D eigenvalue weighted by Crippen LogP contribution is 2.20. The van der Waals surface area contributed by atoms with E-state index in [1.165, 1.54) is 14.2 Å². The average Bonchev–Trinajstić information content (AvgIpc) is 3.10. The van der Waals surface area contributed by atoms with Crippen LogP contribution in [-0.4, -0.2) is 39.2 Å². The maximum atomic E-state index is 11.8. The van der Waals surface area contributed by atoms with Crippen molar-refractivity contribution in [2.24, 2.45) is 4.99 Å². The van der Waals surface area contributed by atoms with Crippen LogP contribution in [0.15, 0.2) is 35.3 Å². The van der Waals surface area contributed by atoms with Crippen LogP contribution in [0.3, 0.4) is 0 Å². The average molecular weight is 445 g/mol. The van der Waals surface area contributed by atoms with Gasteiger partial charge in [0.1, 0.15) is 11.3 Å². The van der Waals surface area contributed by atoms with Gasteiger partial charge in [-0.25, -0.2) is 4.79 Å². The number of carbonyl (C=O) groups excluding carboxylic acids is 1. The van der Waals surface area contributed by atoms with Crippen molar-refractivity contribution < 1.29 is 14.3 Å². The van der Waals surface area contributed by atoms with Crippen LogP contribution in [0.5, 0.6) is 5.75 Å². The van der Waals surface area contributed by atoms with E-state index in [4.69, 9.17) is 9.47 Å². The van der Waals surface area contributed by atoms with Crippen molar-refractivity contribution in [2.75, 3.05) is 21.3 Å². The molecule has 0 heterocycles. The Morgan fingerprint density at radius 1 is 1.29 bits per heavy atom. The fourth-order valence-electron chi connectivity index (χ4n) is 2.44. The summed E-state index contributed by atoms with van der Waals surface area (Å²) in [7, 11) is 4.63. The van der Waals surface area contributed by atoms with Crippen LogP contribution < -0.4 is 15.4 Å². The van der Waals surface area contributed by atoms with E-state index >= 15 is 0 Å². The van der Waals surface area contributed by atoms with E-state index in [1.54, 1.807) is 19.2 Å². The molecule has 0 aromatic heterocycles. The first kappa shape index (κ1) is 20.3. The van der Waals surface area contributed by atoms with Gasteiger partial charge in [-0.1, -0.05) is 18.2 Å². The lowest BCUT2D eigenvalue weighted by molar-refractivity contribution is 0.0597. The Kier molecular flexibility index (Phi) is 8.59. The molecule has 0 saturated carbocycles. The summed E-state index contributed by atoms with van der Waals surface area (Å²) in [5, 5.41) is 6.62. The molecule has 6 nitrogen and oxygen atoms in total. The van der Waals surface area contributed by atoms with E-state index in [0.29, 0.717) is 23.9 Å². The van der Waals surface area contributed by atoms with Crippen molar-refractivity contribution in [1.29, 1.82) is 0 Å². The molecule has 7 heteroatoms. The lowest BCUT2D eigenvalue weighted by Crippen LogP contribution is -2.42. The second kappa shape index (κ2) is 10.2. The van der Waals surface area contributed by atoms with Crippen LogP contribution in [0, 0.1) is 0 Å². The van der Waals surface area contributed by atoms with Crippen molar-refractivity contribution in [2.45, 2.75) is 25.4 Å². The number of benzene rings is 1. The van der Waals surface area contributed by atoms with Crippen molar-refractivity contribution >= 4 is 35.9 Å². The van der Waals surface area contributed by atoms with E-state index in [0.717, 1.165) is 24.4 Å². The number of nitrogens with one attached hydrogen (secondary N) is 2. The monoisotopic (exact) mass is 445 g/mol. The summed E-state index contributed by atoms with van der Waals surface area (Å²) in [4.78, 5) is 16.0. The van der Waals surface area contributed by atoms with Crippen LogP contribution in [0.25, 0.3) is 0 Å². The first-order valence-electron chi connectivity index (χ1n) is 7.55. The number of halogens is 1. The van der Waals surface area contributed by atoms with Gasteiger partial charge in [0.05, 0.1) is 14.2 Å². The van der Waals surface area contributed by atoms with Crippen molar-refractivity contribution in [1.82, 2.24) is 10.6 Å². The number of hydrogen-bond acceptors (Lipinski definition) is 4. The topological polar surface area (TPSA) is 72.0 Å². The summed E-state index contributed by atoms with van der Waals surface area (Å²) in [6, 6.07) is 5.83. The molecule has 2 rings (SSSR count). The Morgan fingerprint density at radius 3 is 2.58 bits per heavy atom. The second-order valence-electron chi connectivity index (χ2n) is 5.24. The first-order valence-corrected chi connectivity index (χ1v) is 7.55. The predicted octanol–water partition coefficient (Wildman–Crippen LogP) is 2.48. The maximum absolute atomic E-state index is 11.8. The van der Waals surface area contributed by atoms with Gasteiger partial charge in [0.25, 0.3) is 0 Å². The second-order valence-corrected chi connectivity index (χ2v) is 5.24. The molecule has 1 aromatic carbocycles. The molecule has 0 aliphatic heterocycles. The Morgan fingerprint density at radius 2 is 2.00 bits per heavy atom. The number of carbonyl (C=O) groups is 1. The van der Waals surface area contributed by atoms with Crippen molar-refractivity contribution in [3.05, 3.63) is 41.5 Å². The minimum Gasteiger partial charge on any atom is -0.496 e. The predicted molar refractivity (Wildman–Crippen MR) is 105 cm³/mol. The Hall–Kier alpha value is -1.77. The third-order valence-electron chi connectivity index (χ3n) is 3.70. The number of ether oxygens (including phenoxy) is 2. The highest BCUT2D eigenvalue weighted by atomic mass is 127. The summed E-state index contributed by atoms with van der Waals surface area (Å²) in [6.45, 7) is 0.549. The highest BCUT2D eigenvalue weighted by Gasteiger charge is 2.14. The van der Waals surface area contributed by atoms with Gasteiger partial charge in [0.2, 0.25) is 0 Å². The molecule has 0 fully saturated rings. The molecule has 1 aromatic rings. The van der Waals surface area contributed by atoms with Crippen LogP contribution >= 0.6 is 24.0 Å². The molecule has 0 unspecified atom stereocenters. The molecule has 0 amide bonds. The third kappa shape index (κ3) is 5.40. The Labute approximate surface area is 159 Å². The lowest BCUT2D eigenvalue weighted by atomic mass is 10.1. The lowest BCUT2D eigenvalue weighted by Gasteiger charge is -2.17. The summed E-state index contributed by atoms with van der Waals surface area (Å²) >= 11 is 0. The molecule has 0 atom stereocenters. The number of methoxy groups -OCH3 is 2. The van der Waals surface area contributed by atoms with Gasteiger partial charge in [-0.15, -0.1) is 24.0 Å². The van der Waals surface area contributed by atoms with Crippen molar-refractivity contribution in [3.63, 3.8) is 0 Å². The number of aliphatic imine (C=N–C) groups is 1. The molecular formula is C17H24IN3O3. The molecule has 2 N–H and O–H groups in total. The van der Waals surface area contributed by atoms with Gasteiger partial charge in [-0.05, 0) is 30.5 Å². The molecule has 0 saturated heterocycles. The molecule has 0 radical (unpaired) electrons. The Bertz CT molecular complexity index is 609. The number of rotatable bonds is 5. The normalized spacial score (nSPS) is 14.0. The van der Waals surface area contributed by atoms with Gasteiger partial charge in [0.15, 0.2) is 5.96 Å². The zero-order chi connectivity index (χ0) is 16.7. The molecule has 24 heavy (non-hydrogen) atoms. The summed E-state index contributed by atoms with van der Waals surface area (Å²) in [6.07, 6.45) is 6.35. The van der Waals surface area contributed by atoms with Crippen LogP contribution in [0.2, 0.25) is 0 Å². The number of hydrogen-bond donors (Lipinski definition) is 2. The van der Waals surface area contributed by atoms with Crippen molar-refractivity contribution in [3.8, 4) is 5.75 Å². The minimum absolute atomic E-state index is 0. The van der Waals surface area contributed by atoms with E-state index < -0.39 is 5.97 Å². The number of esters is 1. The first-order chi connectivity index (χ1) is 11.2. The smallest absolute Gasteiger partial charge is 0.341 e. The summed E-state index contributed by atoms with van der Waals surface area (Å²) in [5.74, 6) is 0.831. The maximum Gasteiger partial charge on any atom is 0.341 e. The molecule has 132 valence electrons. The third-order valence-corrected chi connectivity index (χ3v) is 3.70. The van der Waals surface area contributed by atoms with Gasteiger partial charge in [-0.3, -0.25) is 4.99 Å². The molecule has 1 aliphatic rings.